The van der Waals surface area contributed by atoms with Crippen LogP contribution in [0.5, 0.6) is 0 Å². The first kappa shape index (κ1) is 18.5. The van der Waals surface area contributed by atoms with Crippen LogP contribution in [0.2, 0.25) is 5.02 Å². The van der Waals surface area contributed by atoms with Crippen molar-refractivity contribution in [3.8, 4) is 11.5 Å². The molecule has 0 radical (unpaired) electrons. The minimum absolute atomic E-state index is 0.113. The third kappa shape index (κ3) is 4.65. The number of nitrogens with one attached hydrogen (secondary N) is 1. The summed E-state index contributed by atoms with van der Waals surface area (Å²) in [6.07, 6.45) is 0. The van der Waals surface area contributed by atoms with Crippen LogP contribution in [-0.2, 0) is 4.79 Å². The van der Waals surface area contributed by atoms with Gasteiger partial charge in [0.2, 0.25) is 11.8 Å². The predicted molar refractivity (Wildman–Crippen MR) is 103 cm³/mol. The van der Waals surface area contributed by atoms with Gasteiger partial charge >= 0.3 is 0 Å². The van der Waals surface area contributed by atoms with E-state index in [-0.39, 0.29) is 17.7 Å². The van der Waals surface area contributed by atoms with Crippen LogP contribution in [0.15, 0.2) is 58.2 Å². The molecule has 1 heterocycles. The average Bonchev–Trinajstić information content (AvgIpc) is 3.09. The lowest BCUT2D eigenvalue weighted by Gasteiger charge is -2.14. The van der Waals surface area contributed by atoms with E-state index in [0.717, 1.165) is 16.7 Å². The van der Waals surface area contributed by atoms with Gasteiger partial charge in [-0.1, -0.05) is 53.7 Å². The topological polar surface area (TPSA) is 68.0 Å². The van der Waals surface area contributed by atoms with Crippen LogP contribution < -0.4 is 5.32 Å². The number of aryl methyl sites for hydroxylation is 1. The highest BCUT2D eigenvalue weighted by Crippen LogP contribution is 2.25. The Hall–Kier alpha value is -2.31. The molecule has 0 aliphatic heterocycles. The summed E-state index contributed by atoms with van der Waals surface area (Å²) in [5.74, 6) is 0.539. The van der Waals surface area contributed by atoms with Crippen molar-refractivity contribution in [2.24, 2.45) is 0 Å². The first-order valence-electron chi connectivity index (χ1n) is 8.10. The van der Waals surface area contributed by atoms with Gasteiger partial charge in [-0.25, -0.2) is 0 Å². The van der Waals surface area contributed by atoms with Crippen LogP contribution in [0.1, 0.15) is 24.1 Å². The Morgan fingerprint density at radius 1 is 1.23 bits per heavy atom. The third-order valence-electron chi connectivity index (χ3n) is 3.83. The number of carbonyl (C=O) groups is 1. The highest BCUT2D eigenvalue weighted by atomic mass is 35.5. The molecule has 3 aromatic rings. The molecular weight excluding hydrogens is 370 g/mol. The van der Waals surface area contributed by atoms with E-state index < -0.39 is 0 Å². The van der Waals surface area contributed by atoms with Crippen molar-refractivity contribution >= 4 is 29.3 Å². The van der Waals surface area contributed by atoms with E-state index in [1.165, 1.54) is 11.8 Å². The number of hydrogen-bond donors (Lipinski definition) is 1. The van der Waals surface area contributed by atoms with E-state index in [2.05, 4.69) is 15.5 Å². The van der Waals surface area contributed by atoms with Gasteiger partial charge in [0.1, 0.15) is 0 Å². The standard InChI is InChI=1S/C19H18ClN3O2S/c1-12-6-3-4-9-16(12)18-22-23-19(25-18)26-11-17(24)21-13(2)14-7-5-8-15(20)10-14/h3-10,13H,11H2,1-2H3,(H,21,24)/t13-/m1/s1. The van der Waals surface area contributed by atoms with E-state index in [0.29, 0.717) is 16.1 Å². The molecule has 1 amide bonds. The predicted octanol–water partition coefficient (Wildman–Crippen LogP) is 4.67. The Bertz CT molecular complexity index is 913. The molecule has 0 bridgehead atoms. The number of benzene rings is 2. The summed E-state index contributed by atoms with van der Waals surface area (Å²) in [7, 11) is 0. The largest absolute Gasteiger partial charge is 0.411 e. The van der Waals surface area contributed by atoms with Crippen molar-refractivity contribution in [1.29, 1.82) is 0 Å². The smallest absolute Gasteiger partial charge is 0.277 e. The fraction of sp³-hybridized carbons (Fsp3) is 0.211. The normalized spacial score (nSPS) is 12.0. The van der Waals surface area contributed by atoms with Crippen LogP contribution in [-0.4, -0.2) is 21.9 Å². The van der Waals surface area contributed by atoms with Gasteiger partial charge in [-0.3, -0.25) is 4.79 Å². The van der Waals surface area contributed by atoms with Gasteiger partial charge in [0.05, 0.1) is 11.8 Å². The SMILES string of the molecule is Cc1ccccc1-c1nnc(SCC(=O)N[C@H](C)c2cccc(Cl)c2)o1. The maximum Gasteiger partial charge on any atom is 0.277 e. The summed E-state index contributed by atoms with van der Waals surface area (Å²) in [4.78, 5) is 12.2. The number of amides is 1. The molecule has 0 fully saturated rings. The summed E-state index contributed by atoms with van der Waals surface area (Å²) in [6.45, 7) is 3.90. The summed E-state index contributed by atoms with van der Waals surface area (Å²) in [5, 5.41) is 12.0. The molecular formula is C19H18ClN3O2S. The number of carbonyl (C=O) groups excluding carboxylic acids is 1. The molecule has 1 aromatic heterocycles. The van der Waals surface area contributed by atoms with Gasteiger partial charge in [-0.2, -0.15) is 0 Å². The molecule has 0 aliphatic rings. The van der Waals surface area contributed by atoms with Crippen LogP contribution in [0, 0.1) is 6.92 Å². The maximum atomic E-state index is 12.2. The number of halogens is 1. The zero-order valence-electron chi connectivity index (χ0n) is 14.4. The number of nitrogens with zero attached hydrogens (tertiary/aromatic N) is 2. The fourth-order valence-corrected chi connectivity index (χ4v) is 3.23. The average molecular weight is 388 g/mol. The van der Waals surface area contributed by atoms with E-state index >= 15 is 0 Å². The second kappa shape index (κ2) is 8.38. The van der Waals surface area contributed by atoms with Crippen molar-refractivity contribution in [1.82, 2.24) is 15.5 Å². The number of aromatic nitrogens is 2. The van der Waals surface area contributed by atoms with Crippen molar-refractivity contribution in [3.05, 3.63) is 64.7 Å². The molecule has 134 valence electrons. The highest BCUT2D eigenvalue weighted by molar-refractivity contribution is 7.99. The zero-order valence-corrected chi connectivity index (χ0v) is 16.0. The Balaban J connectivity index is 1.56. The van der Waals surface area contributed by atoms with Gasteiger partial charge in [0.25, 0.3) is 5.22 Å². The molecule has 0 saturated carbocycles. The second-order valence-corrected chi connectivity index (χ2v) is 7.18. The van der Waals surface area contributed by atoms with Gasteiger partial charge in [0, 0.05) is 10.6 Å². The maximum absolute atomic E-state index is 12.2. The molecule has 26 heavy (non-hydrogen) atoms. The summed E-state index contributed by atoms with van der Waals surface area (Å²) in [5.41, 5.74) is 2.90. The molecule has 3 rings (SSSR count). The van der Waals surface area contributed by atoms with Crippen LogP contribution in [0.4, 0.5) is 0 Å². The van der Waals surface area contributed by atoms with E-state index in [1.807, 2.05) is 56.3 Å². The Kier molecular flexibility index (Phi) is 5.96. The summed E-state index contributed by atoms with van der Waals surface area (Å²) >= 11 is 7.20. The molecule has 0 spiro atoms. The highest BCUT2D eigenvalue weighted by Gasteiger charge is 2.14. The van der Waals surface area contributed by atoms with Gasteiger partial charge < -0.3 is 9.73 Å². The van der Waals surface area contributed by atoms with Gasteiger partial charge in [0.15, 0.2) is 0 Å². The Labute approximate surface area is 161 Å². The lowest BCUT2D eigenvalue weighted by Crippen LogP contribution is -2.28. The lowest BCUT2D eigenvalue weighted by molar-refractivity contribution is -0.119. The molecule has 1 N–H and O–H groups in total. The quantitative estimate of drug-likeness (QED) is 0.622. The molecule has 7 heteroatoms. The van der Waals surface area contributed by atoms with Crippen molar-refractivity contribution < 1.29 is 9.21 Å². The lowest BCUT2D eigenvalue weighted by atomic mass is 10.1. The molecule has 2 aromatic carbocycles. The third-order valence-corrected chi connectivity index (χ3v) is 4.89. The summed E-state index contributed by atoms with van der Waals surface area (Å²) < 4.78 is 5.65. The number of hydrogen-bond acceptors (Lipinski definition) is 5. The van der Waals surface area contributed by atoms with Crippen molar-refractivity contribution in [2.75, 3.05) is 5.75 Å². The minimum Gasteiger partial charge on any atom is -0.411 e. The molecule has 0 unspecified atom stereocenters. The molecule has 5 nitrogen and oxygen atoms in total. The van der Waals surface area contributed by atoms with E-state index in [1.54, 1.807) is 6.07 Å². The minimum atomic E-state index is -0.132. The monoisotopic (exact) mass is 387 g/mol. The van der Waals surface area contributed by atoms with Crippen LogP contribution in [0.25, 0.3) is 11.5 Å². The fourth-order valence-electron chi connectivity index (χ4n) is 2.46. The van der Waals surface area contributed by atoms with E-state index in [9.17, 15) is 4.79 Å². The van der Waals surface area contributed by atoms with Crippen LogP contribution in [0.3, 0.4) is 0 Å². The zero-order chi connectivity index (χ0) is 18.5. The molecule has 0 saturated heterocycles. The number of thioether (sulfide) groups is 1. The Morgan fingerprint density at radius 3 is 2.81 bits per heavy atom. The van der Waals surface area contributed by atoms with Crippen molar-refractivity contribution in [2.45, 2.75) is 25.1 Å². The van der Waals surface area contributed by atoms with Crippen LogP contribution >= 0.6 is 23.4 Å². The van der Waals surface area contributed by atoms with Gasteiger partial charge in [-0.05, 0) is 43.2 Å². The number of rotatable bonds is 6. The molecule has 0 aliphatic carbocycles. The van der Waals surface area contributed by atoms with Gasteiger partial charge in [-0.15, -0.1) is 10.2 Å². The Morgan fingerprint density at radius 2 is 2.04 bits per heavy atom. The van der Waals surface area contributed by atoms with Crippen molar-refractivity contribution in [3.63, 3.8) is 0 Å². The van der Waals surface area contributed by atoms with E-state index in [4.69, 9.17) is 16.0 Å². The first-order chi connectivity index (χ1) is 12.5. The summed E-state index contributed by atoms with van der Waals surface area (Å²) in [6, 6.07) is 15.1. The second-order valence-electron chi connectivity index (χ2n) is 5.82. The first-order valence-corrected chi connectivity index (χ1v) is 9.46. The molecule has 1 atom stereocenters.